The SMILES string of the molecule is Cn1cc(CCNc2ccc3cc(N)ccc3n2)cn1. The van der Waals surface area contributed by atoms with Crippen molar-refractivity contribution in [3.63, 3.8) is 0 Å². The van der Waals surface area contributed by atoms with Gasteiger partial charge in [0.15, 0.2) is 0 Å². The summed E-state index contributed by atoms with van der Waals surface area (Å²) < 4.78 is 1.81. The third-order valence-corrected chi connectivity index (χ3v) is 3.19. The Morgan fingerprint density at radius 2 is 2.15 bits per heavy atom. The average Bonchev–Trinajstić information content (AvgIpc) is 2.85. The topological polar surface area (TPSA) is 68.8 Å². The molecule has 102 valence electrons. The Hall–Kier alpha value is -2.56. The molecule has 0 saturated carbocycles. The van der Waals surface area contributed by atoms with Gasteiger partial charge in [0, 0.05) is 30.9 Å². The van der Waals surface area contributed by atoms with Crippen LogP contribution in [0.15, 0.2) is 42.7 Å². The molecule has 3 aromatic rings. The van der Waals surface area contributed by atoms with E-state index < -0.39 is 0 Å². The molecule has 0 spiro atoms. The van der Waals surface area contributed by atoms with Crippen LogP contribution in [0.5, 0.6) is 0 Å². The van der Waals surface area contributed by atoms with Gasteiger partial charge in [-0.3, -0.25) is 4.68 Å². The van der Waals surface area contributed by atoms with Gasteiger partial charge in [0.1, 0.15) is 5.82 Å². The molecule has 2 aromatic heterocycles. The van der Waals surface area contributed by atoms with Gasteiger partial charge >= 0.3 is 0 Å². The monoisotopic (exact) mass is 267 g/mol. The molecule has 3 rings (SSSR count). The first kappa shape index (κ1) is 12.5. The predicted octanol–water partition coefficient (Wildman–Crippen LogP) is 2.21. The summed E-state index contributed by atoms with van der Waals surface area (Å²) in [6.45, 7) is 0.833. The second kappa shape index (κ2) is 5.21. The zero-order valence-corrected chi connectivity index (χ0v) is 11.4. The second-order valence-corrected chi connectivity index (χ2v) is 4.85. The Morgan fingerprint density at radius 3 is 2.95 bits per heavy atom. The number of fused-ring (bicyclic) bond motifs is 1. The summed E-state index contributed by atoms with van der Waals surface area (Å²) in [5.41, 5.74) is 8.68. The molecular formula is C15H17N5. The van der Waals surface area contributed by atoms with Gasteiger partial charge in [-0.05, 0) is 42.3 Å². The van der Waals surface area contributed by atoms with E-state index in [0.717, 1.165) is 35.4 Å². The number of aromatic nitrogens is 3. The highest BCUT2D eigenvalue weighted by atomic mass is 15.2. The van der Waals surface area contributed by atoms with Crippen molar-refractivity contribution in [3.05, 3.63) is 48.3 Å². The average molecular weight is 267 g/mol. The van der Waals surface area contributed by atoms with Crippen molar-refractivity contribution in [2.45, 2.75) is 6.42 Å². The van der Waals surface area contributed by atoms with Crippen LogP contribution in [0, 0.1) is 0 Å². The molecule has 0 atom stereocenters. The Kier molecular flexibility index (Phi) is 3.25. The Morgan fingerprint density at radius 1 is 1.25 bits per heavy atom. The Labute approximate surface area is 117 Å². The van der Waals surface area contributed by atoms with Gasteiger partial charge in [0.25, 0.3) is 0 Å². The van der Waals surface area contributed by atoms with Crippen molar-refractivity contribution in [1.29, 1.82) is 0 Å². The van der Waals surface area contributed by atoms with Crippen LogP contribution in [0.25, 0.3) is 10.9 Å². The number of hydrogen-bond acceptors (Lipinski definition) is 4. The molecule has 0 radical (unpaired) electrons. The van der Waals surface area contributed by atoms with Crippen molar-refractivity contribution < 1.29 is 0 Å². The van der Waals surface area contributed by atoms with E-state index in [2.05, 4.69) is 15.4 Å². The third-order valence-electron chi connectivity index (χ3n) is 3.19. The Bertz CT molecular complexity index is 732. The molecule has 0 fully saturated rings. The molecule has 0 bridgehead atoms. The molecule has 0 aliphatic rings. The number of rotatable bonds is 4. The van der Waals surface area contributed by atoms with Crippen LogP contribution in [-0.4, -0.2) is 21.3 Å². The maximum atomic E-state index is 5.76. The van der Waals surface area contributed by atoms with E-state index in [1.165, 1.54) is 5.56 Å². The van der Waals surface area contributed by atoms with Gasteiger partial charge in [-0.25, -0.2) is 4.98 Å². The van der Waals surface area contributed by atoms with Crippen molar-refractivity contribution in [3.8, 4) is 0 Å². The first-order valence-electron chi connectivity index (χ1n) is 6.58. The van der Waals surface area contributed by atoms with Crippen LogP contribution in [0.3, 0.4) is 0 Å². The van der Waals surface area contributed by atoms with E-state index in [1.54, 1.807) is 0 Å². The van der Waals surface area contributed by atoms with Gasteiger partial charge in [0.05, 0.1) is 11.7 Å². The highest BCUT2D eigenvalue weighted by Gasteiger charge is 2.00. The molecule has 5 heteroatoms. The number of benzene rings is 1. The van der Waals surface area contributed by atoms with E-state index in [4.69, 9.17) is 5.73 Å². The lowest BCUT2D eigenvalue weighted by Gasteiger charge is -2.06. The molecule has 0 aliphatic heterocycles. The van der Waals surface area contributed by atoms with Crippen molar-refractivity contribution in [2.24, 2.45) is 7.05 Å². The summed E-state index contributed by atoms with van der Waals surface area (Å²) in [6, 6.07) is 9.75. The largest absolute Gasteiger partial charge is 0.399 e. The van der Waals surface area contributed by atoms with Gasteiger partial charge < -0.3 is 11.1 Å². The molecular weight excluding hydrogens is 250 g/mol. The summed E-state index contributed by atoms with van der Waals surface area (Å²) in [6.07, 6.45) is 4.84. The van der Waals surface area contributed by atoms with E-state index >= 15 is 0 Å². The lowest BCUT2D eigenvalue weighted by Crippen LogP contribution is -2.05. The van der Waals surface area contributed by atoms with Gasteiger partial charge in [-0.1, -0.05) is 0 Å². The molecule has 5 nitrogen and oxygen atoms in total. The van der Waals surface area contributed by atoms with E-state index in [0.29, 0.717) is 0 Å². The number of hydrogen-bond donors (Lipinski definition) is 2. The molecule has 0 saturated heterocycles. The van der Waals surface area contributed by atoms with Crippen LogP contribution in [0.1, 0.15) is 5.56 Å². The number of aryl methyl sites for hydroxylation is 1. The summed E-state index contributed by atoms with van der Waals surface area (Å²) in [5.74, 6) is 0.881. The second-order valence-electron chi connectivity index (χ2n) is 4.85. The van der Waals surface area contributed by atoms with Crippen LogP contribution in [0.4, 0.5) is 11.5 Å². The minimum Gasteiger partial charge on any atom is -0.399 e. The maximum absolute atomic E-state index is 5.76. The molecule has 0 amide bonds. The smallest absolute Gasteiger partial charge is 0.126 e. The number of nitrogens with two attached hydrogens (primary N) is 1. The first-order chi connectivity index (χ1) is 9.70. The minimum atomic E-state index is 0.761. The van der Waals surface area contributed by atoms with Crippen molar-refractivity contribution in [2.75, 3.05) is 17.6 Å². The highest BCUT2D eigenvalue weighted by Crippen LogP contribution is 2.17. The van der Waals surface area contributed by atoms with E-state index in [9.17, 15) is 0 Å². The zero-order valence-electron chi connectivity index (χ0n) is 11.4. The van der Waals surface area contributed by atoms with E-state index in [1.807, 2.05) is 54.5 Å². The van der Waals surface area contributed by atoms with Crippen molar-refractivity contribution in [1.82, 2.24) is 14.8 Å². The molecule has 3 N–H and O–H groups in total. The summed E-state index contributed by atoms with van der Waals surface area (Å²) >= 11 is 0. The minimum absolute atomic E-state index is 0.761. The summed E-state index contributed by atoms with van der Waals surface area (Å²) in [5, 5.41) is 8.54. The van der Waals surface area contributed by atoms with Gasteiger partial charge in [-0.2, -0.15) is 5.10 Å². The fraction of sp³-hybridized carbons (Fsp3) is 0.200. The maximum Gasteiger partial charge on any atom is 0.126 e. The standard InChI is InChI=1S/C15H17N5/c1-20-10-11(9-18-20)6-7-17-15-5-2-12-8-13(16)3-4-14(12)19-15/h2-5,8-10H,6-7,16H2,1H3,(H,17,19). The third kappa shape index (κ3) is 2.71. The fourth-order valence-corrected chi connectivity index (χ4v) is 2.18. The number of nitrogens with zero attached hydrogens (tertiary/aromatic N) is 3. The molecule has 1 aromatic carbocycles. The number of nitrogen functional groups attached to an aromatic ring is 1. The van der Waals surface area contributed by atoms with Crippen LogP contribution < -0.4 is 11.1 Å². The first-order valence-corrected chi connectivity index (χ1v) is 6.58. The molecule has 0 unspecified atom stereocenters. The lowest BCUT2D eigenvalue weighted by molar-refractivity contribution is 0.767. The highest BCUT2D eigenvalue weighted by molar-refractivity contribution is 5.83. The summed E-state index contributed by atoms with van der Waals surface area (Å²) in [4.78, 5) is 4.57. The molecule has 0 aliphatic carbocycles. The quantitative estimate of drug-likeness (QED) is 0.711. The number of pyridine rings is 1. The van der Waals surface area contributed by atoms with E-state index in [-0.39, 0.29) is 0 Å². The number of nitrogens with one attached hydrogen (secondary N) is 1. The van der Waals surface area contributed by atoms with Crippen LogP contribution in [0.2, 0.25) is 0 Å². The number of anilines is 2. The van der Waals surface area contributed by atoms with Crippen LogP contribution >= 0.6 is 0 Å². The summed E-state index contributed by atoms with van der Waals surface area (Å²) in [7, 11) is 1.92. The normalized spacial score (nSPS) is 10.8. The molecule has 20 heavy (non-hydrogen) atoms. The predicted molar refractivity (Wildman–Crippen MR) is 81.6 cm³/mol. The Balaban J connectivity index is 1.67. The lowest BCUT2D eigenvalue weighted by atomic mass is 10.2. The van der Waals surface area contributed by atoms with Gasteiger partial charge in [0.2, 0.25) is 0 Å². The molecule has 2 heterocycles. The fourth-order valence-electron chi connectivity index (χ4n) is 2.18. The van der Waals surface area contributed by atoms with Crippen LogP contribution in [-0.2, 0) is 13.5 Å². The van der Waals surface area contributed by atoms with Crippen molar-refractivity contribution >= 4 is 22.4 Å². The van der Waals surface area contributed by atoms with Gasteiger partial charge in [-0.15, -0.1) is 0 Å². The zero-order chi connectivity index (χ0) is 13.9.